The van der Waals surface area contributed by atoms with Gasteiger partial charge in [-0.05, 0) is 31.0 Å². The van der Waals surface area contributed by atoms with Gasteiger partial charge in [0.25, 0.3) is 5.91 Å². The maximum atomic E-state index is 14.8. The molecule has 2 N–H and O–H groups in total. The van der Waals surface area contributed by atoms with E-state index in [-0.39, 0.29) is 30.1 Å². The zero-order valence-corrected chi connectivity index (χ0v) is 18.8. The molecular weight excluding hydrogens is 439 g/mol. The van der Waals surface area contributed by atoms with Crippen LogP contribution < -0.4 is 15.5 Å². The van der Waals surface area contributed by atoms with Crippen LogP contribution in [-0.2, 0) is 20.7 Å². The summed E-state index contributed by atoms with van der Waals surface area (Å²) in [5, 5.41) is 6.29. The average Bonchev–Trinajstić information content (AvgIpc) is 3.53. The lowest BCUT2D eigenvalue weighted by Gasteiger charge is -2.29. The van der Waals surface area contributed by atoms with E-state index < -0.39 is 5.54 Å². The highest BCUT2D eigenvalue weighted by atomic mass is 19.1. The third-order valence-corrected chi connectivity index (χ3v) is 7.31. The predicted octanol–water partition coefficient (Wildman–Crippen LogP) is 2.60. The maximum absolute atomic E-state index is 14.8. The van der Waals surface area contributed by atoms with Gasteiger partial charge in [-0.2, -0.15) is 4.98 Å². The minimum absolute atomic E-state index is 0.0172. The smallest absolute Gasteiger partial charge is 0.256 e. The number of aromatic nitrogens is 2. The fourth-order valence-corrected chi connectivity index (χ4v) is 5.61. The van der Waals surface area contributed by atoms with Crippen LogP contribution in [0.25, 0.3) is 0 Å². The first-order chi connectivity index (χ1) is 16.5. The van der Waals surface area contributed by atoms with Crippen LogP contribution in [0.2, 0.25) is 0 Å². The Labute approximate surface area is 196 Å². The van der Waals surface area contributed by atoms with E-state index >= 15 is 0 Å². The first-order valence-corrected chi connectivity index (χ1v) is 11.9. The van der Waals surface area contributed by atoms with E-state index in [4.69, 9.17) is 4.74 Å². The Morgan fingerprint density at radius 2 is 1.94 bits per heavy atom. The Kier molecular flexibility index (Phi) is 5.13. The Morgan fingerprint density at radius 1 is 1.15 bits per heavy atom. The fraction of sp³-hybridized carbons (Fsp3) is 0.500. The number of nitrogens with one attached hydrogen (secondary N) is 2. The number of carbonyl (C=O) groups is 2. The third kappa shape index (κ3) is 3.56. The van der Waals surface area contributed by atoms with Crippen molar-refractivity contribution in [2.24, 2.45) is 0 Å². The lowest BCUT2D eigenvalue weighted by atomic mass is 9.94. The van der Waals surface area contributed by atoms with Gasteiger partial charge in [-0.15, -0.1) is 0 Å². The largest absolute Gasteiger partial charge is 0.378 e. The molecule has 10 heteroatoms. The van der Waals surface area contributed by atoms with Gasteiger partial charge in [0.2, 0.25) is 11.9 Å². The fourth-order valence-electron chi connectivity index (χ4n) is 5.61. The quantitative estimate of drug-likeness (QED) is 0.664. The minimum atomic E-state index is -0.971. The Bertz CT molecular complexity index is 1150. The number of amides is 2. The Morgan fingerprint density at radius 3 is 2.71 bits per heavy atom. The van der Waals surface area contributed by atoms with Crippen molar-refractivity contribution in [2.75, 3.05) is 41.8 Å². The summed E-state index contributed by atoms with van der Waals surface area (Å²) in [6.45, 7) is 2.49. The summed E-state index contributed by atoms with van der Waals surface area (Å²) in [5.41, 5.74) is 0.903. The highest BCUT2D eigenvalue weighted by molar-refractivity contribution is 6.11. The van der Waals surface area contributed by atoms with Crippen LogP contribution >= 0.6 is 0 Å². The number of halogens is 1. The number of ether oxygens (including phenoxy) is 1. The molecule has 1 spiro atoms. The summed E-state index contributed by atoms with van der Waals surface area (Å²) in [6, 6.07) is 4.97. The van der Waals surface area contributed by atoms with Gasteiger partial charge >= 0.3 is 0 Å². The summed E-state index contributed by atoms with van der Waals surface area (Å²) >= 11 is 0. The summed E-state index contributed by atoms with van der Waals surface area (Å²) in [5.74, 6) is 0.243. The van der Waals surface area contributed by atoms with Gasteiger partial charge in [0.15, 0.2) is 0 Å². The lowest BCUT2D eigenvalue weighted by molar-refractivity contribution is -0.142. The van der Waals surface area contributed by atoms with Crippen LogP contribution in [0.5, 0.6) is 0 Å². The van der Waals surface area contributed by atoms with Gasteiger partial charge in [0.1, 0.15) is 17.2 Å². The van der Waals surface area contributed by atoms with Crippen molar-refractivity contribution < 1.29 is 18.7 Å². The number of nitrogens with zero attached hydrogens (tertiary/aromatic N) is 4. The number of fused-ring (bicyclic) bond motifs is 1. The number of carbonyl (C=O) groups excluding carboxylic acids is 2. The number of hydrogen-bond donors (Lipinski definition) is 2. The zero-order chi connectivity index (χ0) is 23.3. The van der Waals surface area contributed by atoms with E-state index in [0.717, 1.165) is 31.2 Å². The molecule has 0 bridgehead atoms. The Balaban J connectivity index is 1.18. The summed E-state index contributed by atoms with van der Waals surface area (Å²) in [7, 11) is 0. The molecule has 1 aromatic heterocycles. The van der Waals surface area contributed by atoms with Crippen molar-refractivity contribution >= 4 is 35.0 Å². The highest BCUT2D eigenvalue weighted by Gasteiger charge is 2.56. The van der Waals surface area contributed by atoms with Gasteiger partial charge < -0.3 is 20.3 Å². The second-order valence-electron chi connectivity index (χ2n) is 9.53. The number of benzene rings is 1. The van der Waals surface area contributed by atoms with Gasteiger partial charge in [-0.1, -0.05) is 12.8 Å². The third-order valence-electron chi connectivity index (χ3n) is 7.31. The first-order valence-electron chi connectivity index (χ1n) is 11.9. The number of hydrogen-bond acceptors (Lipinski definition) is 8. The molecule has 6 rings (SSSR count). The van der Waals surface area contributed by atoms with Crippen LogP contribution in [-0.4, -0.2) is 64.6 Å². The first kappa shape index (κ1) is 21.3. The average molecular weight is 467 g/mol. The van der Waals surface area contributed by atoms with Crippen molar-refractivity contribution in [1.82, 2.24) is 14.9 Å². The standard InChI is InChI=1S/C24H27FN6O3/c25-18-11-16(5-6-19(18)30-7-9-34-10-8-30)27-23-26-14-15-12-24(29-21(15)28-23)13-20(32)31(22(24)33)17-3-1-2-4-17/h5-6,11,14,17H,1-4,7-10,12-13H2,(H2,26,27,28,29). The monoisotopic (exact) mass is 466 g/mol. The van der Waals surface area contributed by atoms with Crippen molar-refractivity contribution in [3.8, 4) is 0 Å². The molecule has 1 aromatic carbocycles. The van der Waals surface area contributed by atoms with Gasteiger partial charge in [-0.25, -0.2) is 9.37 Å². The molecule has 2 saturated heterocycles. The zero-order valence-electron chi connectivity index (χ0n) is 18.8. The SMILES string of the molecule is O=C1CC2(Cc3cnc(Nc4ccc(N5CCOCC5)c(F)c4)nc3N2)C(=O)N1C1CCCC1. The van der Waals surface area contributed by atoms with Crippen molar-refractivity contribution in [3.63, 3.8) is 0 Å². The van der Waals surface area contributed by atoms with Crippen molar-refractivity contribution in [3.05, 3.63) is 35.8 Å². The molecule has 178 valence electrons. The van der Waals surface area contributed by atoms with Crippen LogP contribution in [0.1, 0.15) is 37.7 Å². The molecule has 1 atom stereocenters. The van der Waals surface area contributed by atoms with Crippen LogP contribution in [0.15, 0.2) is 24.4 Å². The molecular formula is C24H27FN6O3. The van der Waals surface area contributed by atoms with E-state index in [2.05, 4.69) is 20.6 Å². The maximum Gasteiger partial charge on any atom is 0.256 e. The highest BCUT2D eigenvalue weighted by Crippen LogP contribution is 2.41. The molecule has 2 amide bonds. The number of morpholine rings is 1. The number of anilines is 4. The molecule has 2 aromatic rings. The Hall–Kier alpha value is -3.27. The topological polar surface area (TPSA) is 99.7 Å². The van der Waals surface area contributed by atoms with E-state index in [1.165, 1.54) is 11.0 Å². The number of likely N-dealkylation sites (tertiary alicyclic amines) is 1. The van der Waals surface area contributed by atoms with E-state index in [9.17, 15) is 14.0 Å². The molecule has 3 aliphatic heterocycles. The molecule has 1 saturated carbocycles. The summed E-state index contributed by atoms with van der Waals surface area (Å²) in [4.78, 5) is 38.4. The number of imide groups is 1. The van der Waals surface area contributed by atoms with Crippen LogP contribution in [0.3, 0.4) is 0 Å². The molecule has 4 aliphatic rings. The minimum Gasteiger partial charge on any atom is -0.378 e. The predicted molar refractivity (Wildman–Crippen MR) is 124 cm³/mol. The molecule has 0 radical (unpaired) electrons. The second-order valence-corrected chi connectivity index (χ2v) is 9.53. The van der Waals surface area contributed by atoms with Crippen LogP contribution in [0.4, 0.5) is 27.5 Å². The normalized spacial score (nSPS) is 24.7. The molecule has 3 fully saturated rings. The van der Waals surface area contributed by atoms with Crippen molar-refractivity contribution in [2.45, 2.75) is 50.1 Å². The van der Waals surface area contributed by atoms with Gasteiger partial charge in [-0.3, -0.25) is 14.5 Å². The molecule has 1 unspecified atom stereocenters. The summed E-state index contributed by atoms with van der Waals surface area (Å²) in [6.07, 6.45) is 6.06. The van der Waals surface area contributed by atoms with E-state index in [1.807, 2.05) is 4.90 Å². The van der Waals surface area contributed by atoms with E-state index in [0.29, 0.717) is 55.9 Å². The molecule has 1 aliphatic carbocycles. The summed E-state index contributed by atoms with van der Waals surface area (Å²) < 4.78 is 20.1. The van der Waals surface area contributed by atoms with Gasteiger partial charge in [0.05, 0.1) is 25.3 Å². The van der Waals surface area contributed by atoms with E-state index in [1.54, 1.807) is 18.3 Å². The molecule has 34 heavy (non-hydrogen) atoms. The lowest BCUT2D eigenvalue weighted by Crippen LogP contribution is -2.48. The second kappa shape index (κ2) is 8.19. The molecule has 9 nitrogen and oxygen atoms in total. The van der Waals surface area contributed by atoms with Crippen molar-refractivity contribution in [1.29, 1.82) is 0 Å². The molecule has 4 heterocycles. The van der Waals surface area contributed by atoms with Crippen LogP contribution in [0, 0.1) is 5.82 Å². The number of rotatable bonds is 4. The van der Waals surface area contributed by atoms with Gasteiger partial charge in [0, 0.05) is 43.0 Å².